The van der Waals surface area contributed by atoms with Crippen molar-refractivity contribution in [3.8, 4) is 11.5 Å². The van der Waals surface area contributed by atoms with Crippen molar-refractivity contribution < 1.29 is 29.3 Å². The van der Waals surface area contributed by atoms with Crippen LogP contribution in [0.3, 0.4) is 0 Å². The molecule has 0 spiro atoms. The minimum atomic E-state index is -0.632. The molecule has 32 heavy (non-hydrogen) atoms. The summed E-state index contributed by atoms with van der Waals surface area (Å²) >= 11 is 0. The molecule has 8 nitrogen and oxygen atoms in total. The standard InChI is InChI=1S/C24H36N2O6/c1-4-10-24(16-27)15-26(13-9-21(24)28)22(29)17-7-11-25(12-8-17)23(30)18-5-6-19(31-2)20(14-18)32-3/h5-6,14,17,21,27-28H,4,7-13,15-16H2,1-3H3/t21-,24-/m1/s1. The Morgan fingerprint density at radius 1 is 1.06 bits per heavy atom. The van der Waals surface area contributed by atoms with Gasteiger partial charge in [-0.05, 0) is 43.9 Å². The topological polar surface area (TPSA) is 99.5 Å². The highest BCUT2D eigenvalue weighted by Gasteiger charge is 2.44. The lowest BCUT2D eigenvalue weighted by Crippen LogP contribution is -2.56. The van der Waals surface area contributed by atoms with Gasteiger partial charge in [0.05, 0.1) is 26.9 Å². The first-order valence-electron chi connectivity index (χ1n) is 11.5. The van der Waals surface area contributed by atoms with Crippen LogP contribution in [0, 0.1) is 11.3 Å². The van der Waals surface area contributed by atoms with Crippen LogP contribution < -0.4 is 9.47 Å². The minimum absolute atomic E-state index is 0.0732. The summed E-state index contributed by atoms with van der Waals surface area (Å²) in [5, 5.41) is 20.4. The molecule has 1 aromatic rings. The van der Waals surface area contributed by atoms with Crippen molar-refractivity contribution in [1.82, 2.24) is 9.80 Å². The maximum Gasteiger partial charge on any atom is 0.253 e. The Morgan fingerprint density at radius 3 is 2.31 bits per heavy atom. The minimum Gasteiger partial charge on any atom is -0.493 e. The molecule has 0 aliphatic carbocycles. The van der Waals surface area contributed by atoms with Crippen LogP contribution >= 0.6 is 0 Å². The molecule has 2 aliphatic heterocycles. The molecule has 2 amide bonds. The zero-order valence-electron chi connectivity index (χ0n) is 19.4. The van der Waals surface area contributed by atoms with Crippen molar-refractivity contribution in [3.05, 3.63) is 23.8 Å². The van der Waals surface area contributed by atoms with Crippen LogP contribution in [0.5, 0.6) is 11.5 Å². The van der Waals surface area contributed by atoms with E-state index in [4.69, 9.17) is 9.47 Å². The van der Waals surface area contributed by atoms with Gasteiger partial charge in [-0.2, -0.15) is 0 Å². The third kappa shape index (κ3) is 4.86. The van der Waals surface area contributed by atoms with E-state index in [1.165, 1.54) is 7.11 Å². The zero-order chi connectivity index (χ0) is 23.3. The number of carbonyl (C=O) groups excluding carboxylic acids is 2. The summed E-state index contributed by atoms with van der Waals surface area (Å²) in [6.45, 7) is 3.83. The van der Waals surface area contributed by atoms with Crippen molar-refractivity contribution in [2.24, 2.45) is 11.3 Å². The second-order valence-electron chi connectivity index (χ2n) is 8.97. The van der Waals surface area contributed by atoms with Gasteiger partial charge in [0.2, 0.25) is 5.91 Å². The van der Waals surface area contributed by atoms with Crippen LogP contribution in [-0.2, 0) is 4.79 Å². The third-order valence-corrected chi connectivity index (χ3v) is 7.02. The number of methoxy groups -OCH3 is 2. The average molecular weight is 449 g/mol. The van der Waals surface area contributed by atoms with Gasteiger partial charge >= 0.3 is 0 Å². The summed E-state index contributed by atoms with van der Waals surface area (Å²) in [5.41, 5.74) is -0.100. The molecule has 2 heterocycles. The first-order chi connectivity index (χ1) is 15.4. The lowest BCUT2D eigenvalue weighted by atomic mass is 9.74. The highest BCUT2D eigenvalue weighted by atomic mass is 16.5. The lowest BCUT2D eigenvalue weighted by Gasteiger charge is -2.46. The number of benzene rings is 1. The maximum absolute atomic E-state index is 13.2. The van der Waals surface area contributed by atoms with E-state index in [-0.39, 0.29) is 24.3 Å². The molecule has 0 aromatic heterocycles. The van der Waals surface area contributed by atoms with E-state index in [1.54, 1.807) is 30.2 Å². The highest BCUT2D eigenvalue weighted by Crippen LogP contribution is 2.36. The van der Waals surface area contributed by atoms with Gasteiger partial charge in [0.15, 0.2) is 11.5 Å². The smallest absolute Gasteiger partial charge is 0.253 e. The fraction of sp³-hybridized carbons (Fsp3) is 0.667. The second kappa shape index (κ2) is 10.5. The SMILES string of the molecule is CCC[C@]1(CO)CN(C(=O)C2CCN(C(=O)c3ccc(OC)c(OC)c3)CC2)CC[C@H]1O. The van der Waals surface area contributed by atoms with E-state index in [0.29, 0.717) is 68.9 Å². The van der Waals surface area contributed by atoms with Crippen LogP contribution in [0.25, 0.3) is 0 Å². The Hall–Kier alpha value is -2.32. The van der Waals surface area contributed by atoms with Crippen molar-refractivity contribution in [2.75, 3.05) is 47.0 Å². The number of hydrogen-bond acceptors (Lipinski definition) is 6. The van der Waals surface area contributed by atoms with Crippen molar-refractivity contribution in [2.45, 2.75) is 45.1 Å². The molecule has 2 atom stereocenters. The summed E-state index contributed by atoms with van der Waals surface area (Å²) in [5.74, 6) is 0.930. The summed E-state index contributed by atoms with van der Waals surface area (Å²) in [4.78, 5) is 29.7. The first kappa shape index (κ1) is 24.3. The molecule has 0 radical (unpaired) electrons. The van der Waals surface area contributed by atoms with Crippen molar-refractivity contribution in [3.63, 3.8) is 0 Å². The molecule has 2 aliphatic rings. The highest BCUT2D eigenvalue weighted by molar-refractivity contribution is 5.95. The number of piperidine rings is 2. The molecule has 178 valence electrons. The van der Waals surface area contributed by atoms with Gasteiger partial charge in [-0.1, -0.05) is 13.3 Å². The van der Waals surface area contributed by atoms with Crippen molar-refractivity contribution >= 4 is 11.8 Å². The Kier molecular flexibility index (Phi) is 8.00. The number of ether oxygens (including phenoxy) is 2. The number of hydrogen-bond donors (Lipinski definition) is 2. The van der Waals surface area contributed by atoms with Gasteiger partial charge in [0.1, 0.15) is 0 Å². The molecular formula is C24H36N2O6. The molecule has 2 saturated heterocycles. The van der Waals surface area contributed by atoms with E-state index in [2.05, 4.69) is 0 Å². The van der Waals surface area contributed by atoms with Gasteiger partial charge in [-0.3, -0.25) is 9.59 Å². The van der Waals surface area contributed by atoms with Gasteiger partial charge in [0, 0.05) is 43.1 Å². The predicted molar refractivity (Wildman–Crippen MR) is 120 cm³/mol. The quantitative estimate of drug-likeness (QED) is 0.661. The zero-order valence-corrected chi connectivity index (χ0v) is 19.4. The molecule has 2 fully saturated rings. The van der Waals surface area contributed by atoms with E-state index >= 15 is 0 Å². The molecule has 2 N–H and O–H groups in total. The number of likely N-dealkylation sites (tertiary alicyclic amines) is 2. The van der Waals surface area contributed by atoms with Gasteiger partial charge in [0.25, 0.3) is 5.91 Å². The molecular weight excluding hydrogens is 412 g/mol. The van der Waals surface area contributed by atoms with Crippen molar-refractivity contribution in [1.29, 1.82) is 0 Å². The van der Waals surface area contributed by atoms with E-state index in [1.807, 2.05) is 11.8 Å². The summed E-state index contributed by atoms with van der Waals surface area (Å²) in [6.07, 6.45) is 2.65. The third-order valence-electron chi connectivity index (χ3n) is 7.02. The normalized spacial score (nSPS) is 24.3. The fourth-order valence-electron chi connectivity index (χ4n) is 5.05. The van der Waals surface area contributed by atoms with Crippen LogP contribution in [0.4, 0.5) is 0 Å². The maximum atomic E-state index is 13.2. The lowest BCUT2D eigenvalue weighted by molar-refractivity contribution is -0.148. The van der Waals surface area contributed by atoms with Gasteiger partial charge < -0.3 is 29.5 Å². The second-order valence-corrected chi connectivity index (χ2v) is 8.97. The number of carbonyl (C=O) groups is 2. The summed E-state index contributed by atoms with van der Waals surface area (Å²) in [7, 11) is 3.09. The van der Waals surface area contributed by atoms with Crippen LogP contribution in [0.1, 0.15) is 49.4 Å². The van der Waals surface area contributed by atoms with Gasteiger partial charge in [-0.25, -0.2) is 0 Å². The Labute approximate surface area is 190 Å². The Balaban J connectivity index is 1.60. The van der Waals surface area contributed by atoms with Crippen LogP contribution in [0.15, 0.2) is 18.2 Å². The molecule has 3 rings (SSSR count). The molecule has 0 bridgehead atoms. The van der Waals surface area contributed by atoms with Gasteiger partial charge in [-0.15, -0.1) is 0 Å². The van der Waals surface area contributed by atoms with Crippen LogP contribution in [-0.4, -0.2) is 84.9 Å². The predicted octanol–water partition coefficient (Wildman–Crippen LogP) is 1.93. The average Bonchev–Trinajstić information content (AvgIpc) is 2.84. The van der Waals surface area contributed by atoms with E-state index in [0.717, 1.165) is 6.42 Å². The number of rotatable bonds is 7. The molecule has 0 unspecified atom stereocenters. The Bertz CT molecular complexity index is 808. The number of aliphatic hydroxyl groups is 2. The van der Waals surface area contributed by atoms with Crippen LogP contribution in [0.2, 0.25) is 0 Å². The number of aliphatic hydroxyl groups excluding tert-OH is 2. The molecule has 1 aromatic carbocycles. The Morgan fingerprint density at radius 2 is 1.72 bits per heavy atom. The number of nitrogens with zero attached hydrogens (tertiary/aromatic N) is 2. The molecule has 0 saturated carbocycles. The summed E-state index contributed by atoms with van der Waals surface area (Å²) in [6, 6.07) is 5.12. The largest absolute Gasteiger partial charge is 0.493 e. The van der Waals surface area contributed by atoms with E-state index < -0.39 is 11.5 Å². The summed E-state index contributed by atoms with van der Waals surface area (Å²) < 4.78 is 10.5. The monoisotopic (exact) mass is 448 g/mol. The fourth-order valence-corrected chi connectivity index (χ4v) is 5.05. The van der Waals surface area contributed by atoms with E-state index in [9.17, 15) is 19.8 Å². The number of amides is 2. The molecule has 8 heteroatoms. The first-order valence-corrected chi connectivity index (χ1v) is 11.5.